The molecule has 2 atom stereocenters. The van der Waals surface area contributed by atoms with Gasteiger partial charge in [-0.05, 0) is 55.6 Å². The molecule has 1 aromatic carbocycles. The minimum absolute atomic E-state index is 0. The van der Waals surface area contributed by atoms with Crippen molar-refractivity contribution in [3.63, 3.8) is 0 Å². The molecule has 10 heteroatoms. The average Bonchev–Trinajstić information content (AvgIpc) is 3.11. The lowest BCUT2D eigenvalue weighted by Gasteiger charge is -2.32. The van der Waals surface area contributed by atoms with Crippen molar-refractivity contribution >= 4 is 24.1 Å². The van der Waals surface area contributed by atoms with Crippen LogP contribution in [0.2, 0.25) is 0 Å². The van der Waals surface area contributed by atoms with Crippen LogP contribution in [0.15, 0.2) is 24.3 Å². The number of aromatic hydroxyl groups is 1. The largest absolute Gasteiger partial charge is 0.507 e. The van der Waals surface area contributed by atoms with Gasteiger partial charge in [0.15, 0.2) is 5.82 Å². The number of rotatable bonds is 2. The predicted molar refractivity (Wildman–Crippen MR) is 103 cm³/mol. The summed E-state index contributed by atoms with van der Waals surface area (Å²) in [7, 11) is 0. The lowest BCUT2D eigenvalue weighted by Crippen LogP contribution is -2.45. The van der Waals surface area contributed by atoms with Crippen LogP contribution >= 0.6 is 12.4 Å². The first-order valence-corrected chi connectivity index (χ1v) is 9.02. The molecule has 2 aliphatic rings. The van der Waals surface area contributed by atoms with Crippen LogP contribution in [0.25, 0.3) is 11.3 Å². The van der Waals surface area contributed by atoms with Crippen LogP contribution in [-0.4, -0.2) is 40.8 Å². The van der Waals surface area contributed by atoms with E-state index in [2.05, 4.69) is 15.5 Å². The first-order valence-electron chi connectivity index (χ1n) is 9.02. The SMILES string of the molecule is Cc1cc(C(F)(F)F)cc(O)c1-c1ccc(N2CC[C@@H]3CNC[C@H]3C2=O)nn1.Cl. The molecule has 3 heterocycles. The minimum atomic E-state index is -4.54. The Balaban J connectivity index is 0.00000240. The number of halogens is 4. The van der Waals surface area contributed by atoms with Crippen LogP contribution in [0.5, 0.6) is 5.75 Å². The number of nitrogens with one attached hydrogen (secondary N) is 1. The summed E-state index contributed by atoms with van der Waals surface area (Å²) in [5.41, 5.74) is -0.243. The van der Waals surface area contributed by atoms with Crippen molar-refractivity contribution in [3.05, 3.63) is 35.4 Å². The van der Waals surface area contributed by atoms with Gasteiger partial charge in [-0.3, -0.25) is 9.69 Å². The summed E-state index contributed by atoms with van der Waals surface area (Å²) in [6.07, 6.45) is -3.66. The Bertz CT molecular complexity index is 898. The number of fused-ring (bicyclic) bond motifs is 1. The number of amides is 1. The summed E-state index contributed by atoms with van der Waals surface area (Å²) in [5, 5.41) is 21.5. The number of carbonyl (C=O) groups is 1. The van der Waals surface area contributed by atoms with E-state index in [-0.39, 0.29) is 41.1 Å². The molecule has 0 unspecified atom stereocenters. The van der Waals surface area contributed by atoms with Gasteiger partial charge >= 0.3 is 6.18 Å². The van der Waals surface area contributed by atoms with E-state index in [9.17, 15) is 23.1 Å². The number of carbonyl (C=O) groups excluding carboxylic acids is 1. The Kier molecular flexibility index (Phi) is 5.73. The molecule has 2 aromatic rings. The Labute approximate surface area is 171 Å². The first kappa shape index (κ1) is 21.3. The number of piperidine rings is 1. The van der Waals surface area contributed by atoms with E-state index in [1.165, 1.54) is 6.92 Å². The highest BCUT2D eigenvalue weighted by Crippen LogP contribution is 2.38. The molecule has 2 aliphatic heterocycles. The van der Waals surface area contributed by atoms with Crippen molar-refractivity contribution in [1.29, 1.82) is 0 Å². The summed E-state index contributed by atoms with van der Waals surface area (Å²) < 4.78 is 38.7. The topological polar surface area (TPSA) is 78.4 Å². The summed E-state index contributed by atoms with van der Waals surface area (Å²) in [5.74, 6) is 0.197. The van der Waals surface area contributed by atoms with Crippen LogP contribution in [-0.2, 0) is 11.0 Å². The molecule has 2 saturated heterocycles. The lowest BCUT2D eigenvalue weighted by molar-refractivity contribution is -0.137. The highest BCUT2D eigenvalue weighted by atomic mass is 35.5. The van der Waals surface area contributed by atoms with Crippen molar-refractivity contribution < 1.29 is 23.1 Å². The van der Waals surface area contributed by atoms with Crippen molar-refractivity contribution in [3.8, 4) is 17.0 Å². The Morgan fingerprint density at radius 3 is 2.59 bits per heavy atom. The smallest absolute Gasteiger partial charge is 0.416 e. The Morgan fingerprint density at radius 1 is 1.21 bits per heavy atom. The fourth-order valence-electron chi connectivity index (χ4n) is 4.03. The summed E-state index contributed by atoms with van der Waals surface area (Å²) in [6.45, 7) is 3.53. The predicted octanol–water partition coefficient (Wildman–Crippen LogP) is 3.17. The highest BCUT2D eigenvalue weighted by Gasteiger charge is 2.40. The highest BCUT2D eigenvalue weighted by molar-refractivity contribution is 5.95. The standard InChI is InChI=1S/C19H19F3N4O2.ClH/c1-10-6-12(19(20,21)22)7-15(27)17(10)14-2-3-16(25-24-14)26-5-4-11-8-23-9-13(11)18(26)28;/h2-3,6-7,11,13,23,27H,4-5,8-9H2,1H3;1H/t11-,13-;/m1./s1. The second-order valence-electron chi connectivity index (χ2n) is 7.27. The molecular weight excluding hydrogens is 409 g/mol. The van der Waals surface area contributed by atoms with E-state index < -0.39 is 17.5 Å². The lowest BCUT2D eigenvalue weighted by atomic mass is 9.88. The molecule has 1 aromatic heterocycles. The number of hydrogen-bond acceptors (Lipinski definition) is 5. The molecule has 1 amide bonds. The number of phenolic OH excluding ortho intramolecular Hbond substituents is 1. The van der Waals surface area contributed by atoms with Crippen LogP contribution < -0.4 is 10.2 Å². The third kappa shape index (κ3) is 3.89. The zero-order valence-corrected chi connectivity index (χ0v) is 16.3. The van der Waals surface area contributed by atoms with Gasteiger partial charge in [-0.25, -0.2) is 0 Å². The number of benzene rings is 1. The first-order chi connectivity index (χ1) is 13.3. The van der Waals surface area contributed by atoms with Crippen LogP contribution in [0.4, 0.5) is 19.0 Å². The monoisotopic (exact) mass is 428 g/mol. The third-order valence-electron chi connectivity index (χ3n) is 5.47. The molecule has 2 fully saturated rings. The van der Waals surface area contributed by atoms with Gasteiger partial charge in [0.1, 0.15) is 5.75 Å². The minimum Gasteiger partial charge on any atom is -0.507 e. The molecule has 0 bridgehead atoms. The van der Waals surface area contributed by atoms with Gasteiger partial charge in [-0.15, -0.1) is 22.6 Å². The van der Waals surface area contributed by atoms with Gasteiger partial charge in [0.2, 0.25) is 5.91 Å². The number of anilines is 1. The molecule has 6 nitrogen and oxygen atoms in total. The van der Waals surface area contributed by atoms with Crippen molar-refractivity contribution in [2.24, 2.45) is 11.8 Å². The second kappa shape index (κ2) is 7.79. The van der Waals surface area contributed by atoms with Crippen LogP contribution in [0.3, 0.4) is 0 Å². The molecule has 4 rings (SSSR count). The van der Waals surface area contributed by atoms with Gasteiger partial charge in [-0.2, -0.15) is 13.2 Å². The van der Waals surface area contributed by atoms with Crippen molar-refractivity contribution in [2.75, 3.05) is 24.5 Å². The van der Waals surface area contributed by atoms with E-state index in [0.29, 0.717) is 30.9 Å². The van der Waals surface area contributed by atoms with Crippen LogP contribution in [0, 0.1) is 18.8 Å². The summed E-state index contributed by atoms with van der Waals surface area (Å²) >= 11 is 0. The number of nitrogens with zero attached hydrogens (tertiary/aromatic N) is 3. The van der Waals surface area contributed by atoms with Crippen molar-refractivity contribution in [2.45, 2.75) is 19.5 Å². The van der Waals surface area contributed by atoms with Gasteiger partial charge in [0, 0.05) is 18.7 Å². The number of alkyl halides is 3. The van der Waals surface area contributed by atoms with Crippen LogP contribution in [0.1, 0.15) is 17.5 Å². The van der Waals surface area contributed by atoms with Crippen molar-refractivity contribution in [1.82, 2.24) is 15.5 Å². The molecule has 0 aliphatic carbocycles. The summed E-state index contributed by atoms with van der Waals surface area (Å²) in [6, 6.07) is 4.81. The molecular formula is C19H20ClF3N4O2. The number of hydrogen-bond donors (Lipinski definition) is 2. The normalized spacial score (nSPS) is 21.7. The maximum absolute atomic E-state index is 12.9. The van der Waals surface area contributed by atoms with E-state index in [1.807, 2.05) is 0 Å². The molecule has 29 heavy (non-hydrogen) atoms. The van der Waals surface area contributed by atoms with E-state index in [0.717, 1.165) is 19.0 Å². The van der Waals surface area contributed by atoms with E-state index >= 15 is 0 Å². The number of phenols is 1. The van der Waals surface area contributed by atoms with E-state index in [1.54, 1.807) is 17.0 Å². The number of aryl methyl sites for hydroxylation is 1. The second-order valence-corrected chi connectivity index (χ2v) is 7.27. The molecule has 156 valence electrons. The maximum Gasteiger partial charge on any atom is 0.416 e. The quantitative estimate of drug-likeness (QED) is 0.768. The molecule has 0 radical (unpaired) electrons. The fourth-order valence-corrected chi connectivity index (χ4v) is 4.03. The van der Waals surface area contributed by atoms with Gasteiger partial charge in [0.05, 0.1) is 17.2 Å². The molecule has 0 spiro atoms. The Hall–Kier alpha value is -2.39. The van der Waals surface area contributed by atoms with Gasteiger partial charge < -0.3 is 10.4 Å². The zero-order valence-electron chi connectivity index (χ0n) is 15.5. The third-order valence-corrected chi connectivity index (χ3v) is 5.47. The Morgan fingerprint density at radius 2 is 1.97 bits per heavy atom. The number of aromatic nitrogens is 2. The molecule has 2 N–H and O–H groups in total. The molecule has 0 saturated carbocycles. The van der Waals surface area contributed by atoms with Gasteiger partial charge in [-0.1, -0.05) is 0 Å². The maximum atomic E-state index is 12.9. The zero-order chi connectivity index (χ0) is 20.1. The average molecular weight is 429 g/mol. The summed E-state index contributed by atoms with van der Waals surface area (Å²) in [4.78, 5) is 14.3. The fraction of sp³-hybridized carbons (Fsp3) is 0.421. The van der Waals surface area contributed by atoms with E-state index in [4.69, 9.17) is 0 Å². The van der Waals surface area contributed by atoms with Gasteiger partial charge in [0.25, 0.3) is 0 Å².